The highest BCUT2D eigenvalue weighted by atomic mass is 32.2. The van der Waals surface area contributed by atoms with E-state index in [1.807, 2.05) is 0 Å². The fourth-order valence-electron chi connectivity index (χ4n) is 4.13. The van der Waals surface area contributed by atoms with E-state index in [-0.39, 0.29) is 33.6 Å². The van der Waals surface area contributed by atoms with Crippen molar-refractivity contribution < 1.29 is 37.9 Å². The number of fused-ring (bicyclic) bond motifs is 1. The Labute approximate surface area is 254 Å². The SMILES string of the molecule is Nc1ccc2cc(S(=O)(=O)O)c(N=Nc3ccc(C(=O)Nc4ccc(N=Nc5ccc(O)c(C(=O)O)c5)cc4)cc3)c(O)c2c1. The number of phenolic OH excluding ortho intramolecular Hbond substituents is 1. The van der Waals surface area contributed by atoms with Gasteiger partial charge < -0.3 is 26.4 Å². The molecule has 0 bridgehead atoms. The van der Waals surface area contributed by atoms with Crippen molar-refractivity contribution in [1.82, 2.24) is 0 Å². The van der Waals surface area contributed by atoms with Crippen molar-refractivity contribution in [3.8, 4) is 11.5 Å². The zero-order chi connectivity index (χ0) is 32.3. The van der Waals surface area contributed by atoms with Gasteiger partial charge in [-0.3, -0.25) is 9.35 Å². The van der Waals surface area contributed by atoms with E-state index in [9.17, 15) is 32.8 Å². The third-order valence-corrected chi connectivity index (χ3v) is 7.23. The summed E-state index contributed by atoms with van der Waals surface area (Å²) in [5, 5.41) is 48.5. The number of nitrogen functional groups attached to an aromatic ring is 1. The first-order chi connectivity index (χ1) is 21.4. The van der Waals surface area contributed by atoms with Crippen LogP contribution >= 0.6 is 0 Å². The fraction of sp³-hybridized carbons (Fsp3) is 0. The van der Waals surface area contributed by atoms with Crippen molar-refractivity contribution in [3.63, 3.8) is 0 Å². The molecule has 0 atom stereocenters. The number of hydrogen-bond acceptors (Lipinski definition) is 11. The van der Waals surface area contributed by atoms with Crippen molar-refractivity contribution in [2.45, 2.75) is 4.90 Å². The molecule has 15 heteroatoms. The van der Waals surface area contributed by atoms with E-state index in [1.54, 1.807) is 24.3 Å². The molecule has 14 nitrogen and oxygen atoms in total. The number of aromatic hydroxyl groups is 2. The summed E-state index contributed by atoms with van der Waals surface area (Å²) in [4.78, 5) is 23.3. The standard InChI is InChI=1S/C30H22N6O8S/c31-18-4-1-17-13-26(45(42,43)44)27(28(38)23(17)14-18)36-34-20-5-2-16(3-6-20)29(39)32-19-7-9-21(10-8-19)33-35-22-11-12-25(37)24(15-22)30(40)41/h1-15,37-38H,31H2,(H,32,39)(H,40,41)(H,42,43,44). The Morgan fingerprint density at radius 2 is 1.33 bits per heavy atom. The molecule has 0 saturated heterocycles. The predicted octanol–water partition coefficient (Wildman–Crippen LogP) is 6.86. The Morgan fingerprint density at radius 3 is 1.98 bits per heavy atom. The second-order valence-electron chi connectivity index (χ2n) is 9.48. The topological polar surface area (TPSA) is 237 Å². The van der Waals surface area contributed by atoms with Crippen LogP contribution in [0, 0.1) is 0 Å². The number of nitrogens with zero attached hydrogens (tertiary/aromatic N) is 4. The monoisotopic (exact) mass is 626 g/mol. The summed E-state index contributed by atoms with van der Waals surface area (Å²) in [6.07, 6.45) is 0. The number of aromatic carboxylic acids is 1. The van der Waals surface area contributed by atoms with Crippen LogP contribution in [-0.2, 0) is 10.1 Å². The molecule has 7 N–H and O–H groups in total. The van der Waals surface area contributed by atoms with Crippen LogP contribution in [0.5, 0.6) is 11.5 Å². The summed E-state index contributed by atoms with van der Waals surface area (Å²) in [6.45, 7) is 0. The maximum Gasteiger partial charge on any atom is 0.339 e. The van der Waals surface area contributed by atoms with Crippen LogP contribution in [0.25, 0.3) is 10.8 Å². The van der Waals surface area contributed by atoms with Gasteiger partial charge in [0.25, 0.3) is 16.0 Å². The van der Waals surface area contributed by atoms with E-state index in [2.05, 4.69) is 25.8 Å². The van der Waals surface area contributed by atoms with Crippen LogP contribution in [0.1, 0.15) is 20.7 Å². The van der Waals surface area contributed by atoms with Gasteiger partial charge in [0, 0.05) is 22.3 Å². The number of rotatable bonds is 8. The Balaban J connectivity index is 1.28. The molecule has 0 aromatic heterocycles. The number of amides is 1. The molecule has 0 heterocycles. The van der Waals surface area contributed by atoms with Gasteiger partial charge in [-0.05, 0) is 90.3 Å². The zero-order valence-corrected chi connectivity index (χ0v) is 23.7. The number of nitrogens with two attached hydrogens (primary N) is 1. The highest BCUT2D eigenvalue weighted by Crippen LogP contribution is 2.42. The highest BCUT2D eigenvalue weighted by molar-refractivity contribution is 7.86. The largest absolute Gasteiger partial charge is 0.507 e. The number of hydrogen-bond donors (Lipinski definition) is 6. The van der Waals surface area contributed by atoms with Crippen molar-refractivity contribution in [3.05, 3.63) is 102 Å². The lowest BCUT2D eigenvalue weighted by Crippen LogP contribution is -2.11. The normalized spacial score (nSPS) is 11.8. The smallest absolute Gasteiger partial charge is 0.339 e. The fourth-order valence-corrected chi connectivity index (χ4v) is 4.78. The van der Waals surface area contributed by atoms with Crippen LogP contribution in [-0.4, -0.2) is 40.2 Å². The minimum atomic E-state index is -4.77. The average molecular weight is 627 g/mol. The summed E-state index contributed by atoms with van der Waals surface area (Å²) >= 11 is 0. The van der Waals surface area contributed by atoms with Gasteiger partial charge in [0.15, 0.2) is 5.75 Å². The molecule has 226 valence electrons. The molecule has 1 amide bonds. The van der Waals surface area contributed by atoms with Gasteiger partial charge >= 0.3 is 5.97 Å². The predicted molar refractivity (Wildman–Crippen MR) is 164 cm³/mol. The van der Waals surface area contributed by atoms with Gasteiger partial charge in [0.2, 0.25) is 0 Å². The summed E-state index contributed by atoms with van der Waals surface area (Å²) in [5.41, 5.74) is 6.90. The van der Waals surface area contributed by atoms with E-state index in [1.165, 1.54) is 60.7 Å². The van der Waals surface area contributed by atoms with Gasteiger partial charge in [-0.1, -0.05) is 6.07 Å². The second-order valence-corrected chi connectivity index (χ2v) is 10.9. The van der Waals surface area contributed by atoms with Crippen LogP contribution in [0.4, 0.5) is 34.1 Å². The first-order valence-electron chi connectivity index (χ1n) is 12.8. The quantitative estimate of drug-likeness (QED) is 0.0598. The van der Waals surface area contributed by atoms with Gasteiger partial charge in [-0.25, -0.2) is 4.79 Å². The summed E-state index contributed by atoms with van der Waals surface area (Å²) in [7, 11) is -4.77. The van der Waals surface area contributed by atoms with Crippen LogP contribution in [0.3, 0.4) is 0 Å². The van der Waals surface area contributed by atoms with Crippen molar-refractivity contribution in [1.29, 1.82) is 0 Å². The molecule has 0 saturated carbocycles. The van der Waals surface area contributed by atoms with Crippen LogP contribution in [0.2, 0.25) is 0 Å². The highest BCUT2D eigenvalue weighted by Gasteiger charge is 2.22. The van der Waals surface area contributed by atoms with Gasteiger partial charge in [-0.15, -0.1) is 5.11 Å². The second kappa shape index (κ2) is 12.2. The molecule has 0 spiro atoms. The third kappa shape index (κ3) is 6.90. The lowest BCUT2D eigenvalue weighted by atomic mass is 10.1. The number of carboxylic acid groups (broad SMARTS) is 1. The van der Waals surface area contributed by atoms with Gasteiger partial charge in [0.1, 0.15) is 21.9 Å². The summed E-state index contributed by atoms with van der Waals surface area (Å²) in [6, 6.07) is 21.5. The third-order valence-electron chi connectivity index (χ3n) is 6.37. The van der Waals surface area contributed by atoms with Crippen LogP contribution < -0.4 is 11.1 Å². The molecular formula is C30H22N6O8S. The number of benzene rings is 5. The van der Waals surface area contributed by atoms with Crippen LogP contribution in [0.15, 0.2) is 116 Å². The zero-order valence-electron chi connectivity index (χ0n) is 22.9. The molecule has 0 unspecified atom stereocenters. The Bertz CT molecular complexity index is 2130. The number of phenols is 2. The average Bonchev–Trinajstić information content (AvgIpc) is 3.00. The number of azo groups is 2. The lowest BCUT2D eigenvalue weighted by Gasteiger charge is -2.09. The molecule has 0 aliphatic heterocycles. The molecule has 45 heavy (non-hydrogen) atoms. The Morgan fingerprint density at radius 1 is 0.733 bits per heavy atom. The summed E-state index contributed by atoms with van der Waals surface area (Å²) in [5.74, 6) is -2.67. The Hall–Kier alpha value is -6.19. The molecule has 5 aromatic rings. The molecule has 5 aromatic carbocycles. The van der Waals surface area contributed by atoms with Gasteiger partial charge in [-0.2, -0.15) is 23.8 Å². The summed E-state index contributed by atoms with van der Waals surface area (Å²) < 4.78 is 33.7. The number of carbonyl (C=O) groups is 2. The maximum absolute atomic E-state index is 12.8. The maximum atomic E-state index is 12.8. The molecule has 0 radical (unpaired) electrons. The van der Waals surface area contributed by atoms with E-state index in [4.69, 9.17) is 10.8 Å². The minimum absolute atomic E-state index is 0.214. The number of anilines is 2. The van der Waals surface area contributed by atoms with E-state index < -0.39 is 38.3 Å². The van der Waals surface area contributed by atoms with Crippen molar-refractivity contribution in [2.24, 2.45) is 20.5 Å². The molecule has 0 fully saturated rings. The van der Waals surface area contributed by atoms with Gasteiger partial charge in [0.05, 0.1) is 17.1 Å². The van der Waals surface area contributed by atoms with Crippen molar-refractivity contribution in [2.75, 3.05) is 11.1 Å². The number of carbonyl (C=O) groups excluding carboxylic acids is 1. The Kier molecular flexibility index (Phi) is 8.21. The lowest BCUT2D eigenvalue weighted by molar-refractivity contribution is 0.0693. The number of nitrogens with one attached hydrogen (secondary N) is 1. The molecule has 5 rings (SSSR count). The number of carboxylic acids is 1. The molecule has 0 aliphatic rings. The molecule has 0 aliphatic carbocycles. The van der Waals surface area contributed by atoms with E-state index >= 15 is 0 Å². The first-order valence-corrected chi connectivity index (χ1v) is 14.3. The van der Waals surface area contributed by atoms with E-state index in [0.717, 1.165) is 6.07 Å². The van der Waals surface area contributed by atoms with Crippen molar-refractivity contribution >= 4 is 66.9 Å². The van der Waals surface area contributed by atoms with E-state index in [0.29, 0.717) is 22.4 Å². The first kappa shape index (κ1) is 30.3. The minimum Gasteiger partial charge on any atom is -0.507 e. The molecular weight excluding hydrogens is 604 g/mol.